The van der Waals surface area contributed by atoms with Crippen molar-refractivity contribution in [2.45, 2.75) is 26.7 Å². The lowest BCUT2D eigenvalue weighted by Gasteiger charge is -2.38. The van der Waals surface area contributed by atoms with Crippen molar-refractivity contribution in [2.24, 2.45) is 5.41 Å². The molecule has 2 N–H and O–H groups in total. The second kappa shape index (κ2) is 8.24. The first-order valence-electron chi connectivity index (χ1n) is 8.49. The zero-order chi connectivity index (χ0) is 17.6. The summed E-state index contributed by atoms with van der Waals surface area (Å²) in [5, 5.41) is 5.64. The Bertz CT molecular complexity index is 576. The monoisotopic (exact) mass is 335 g/mol. The Kier molecular flexibility index (Phi) is 6.31. The molecule has 0 saturated carbocycles. The molecule has 0 spiro atoms. The molecule has 1 fully saturated rings. The van der Waals surface area contributed by atoms with Crippen molar-refractivity contribution >= 4 is 11.8 Å². The van der Waals surface area contributed by atoms with Gasteiger partial charge in [0.05, 0.1) is 5.41 Å². The quantitative estimate of drug-likeness (QED) is 0.779. The Hall–Kier alpha value is -1.95. The minimum absolute atomic E-state index is 0.0386. The number of nitrogens with zero attached hydrogens (tertiary/aromatic N) is 1. The van der Waals surface area contributed by atoms with E-state index >= 15 is 0 Å². The number of hydrogen-bond acceptors (Lipinski definition) is 3. The number of hydrogen-bond donors (Lipinski definition) is 2. The van der Waals surface area contributed by atoms with Gasteiger partial charge in [-0.2, -0.15) is 0 Å². The summed E-state index contributed by atoms with van der Waals surface area (Å²) < 4.78 is 12.8. The summed E-state index contributed by atoms with van der Waals surface area (Å²) in [6.45, 7) is 7.61. The van der Waals surface area contributed by atoms with Crippen molar-refractivity contribution in [1.82, 2.24) is 15.5 Å². The van der Waals surface area contributed by atoms with E-state index in [0.717, 1.165) is 32.5 Å². The van der Waals surface area contributed by atoms with Gasteiger partial charge in [0.1, 0.15) is 5.82 Å². The number of likely N-dealkylation sites (tertiary alicyclic amines) is 1. The number of carbonyl (C=O) groups is 2. The summed E-state index contributed by atoms with van der Waals surface area (Å²) in [7, 11) is 0. The van der Waals surface area contributed by atoms with Gasteiger partial charge in [0, 0.05) is 25.2 Å². The van der Waals surface area contributed by atoms with Crippen LogP contribution >= 0.6 is 0 Å². The molecule has 1 aliphatic rings. The van der Waals surface area contributed by atoms with Gasteiger partial charge < -0.3 is 15.5 Å². The first-order valence-corrected chi connectivity index (χ1v) is 8.49. The second-order valence-corrected chi connectivity index (χ2v) is 6.55. The first kappa shape index (κ1) is 18.4. The van der Waals surface area contributed by atoms with Crippen LogP contribution in [0.5, 0.6) is 0 Å². The fourth-order valence-electron chi connectivity index (χ4n) is 3.07. The van der Waals surface area contributed by atoms with Gasteiger partial charge in [0.2, 0.25) is 5.91 Å². The highest BCUT2D eigenvalue weighted by atomic mass is 19.1. The molecule has 1 heterocycles. The van der Waals surface area contributed by atoms with Crippen LogP contribution in [-0.2, 0) is 4.79 Å². The molecule has 0 radical (unpaired) electrons. The number of carbonyl (C=O) groups excluding carboxylic acids is 2. The normalized spacial score (nSPS) is 21.3. The third-order valence-corrected chi connectivity index (χ3v) is 4.57. The third kappa shape index (κ3) is 4.77. The van der Waals surface area contributed by atoms with Crippen LogP contribution in [0.25, 0.3) is 0 Å². The molecular formula is C18H26FN3O2. The van der Waals surface area contributed by atoms with Crippen molar-refractivity contribution < 1.29 is 14.0 Å². The Labute approximate surface area is 142 Å². The number of rotatable bonds is 6. The van der Waals surface area contributed by atoms with Gasteiger partial charge in [-0.15, -0.1) is 0 Å². The lowest BCUT2D eigenvalue weighted by Crippen LogP contribution is -2.51. The van der Waals surface area contributed by atoms with Gasteiger partial charge in [0.15, 0.2) is 0 Å². The van der Waals surface area contributed by atoms with E-state index in [4.69, 9.17) is 0 Å². The molecule has 0 aromatic heterocycles. The number of amides is 2. The maximum absolute atomic E-state index is 12.8. The van der Waals surface area contributed by atoms with E-state index in [1.54, 1.807) is 0 Å². The minimum atomic E-state index is -0.374. The van der Waals surface area contributed by atoms with E-state index in [1.165, 1.54) is 24.3 Å². The molecule has 1 aromatic carbocycles. The summed E-state index contributed by atoms with van der Waals surface area (Å²) in [6, 6.07) is 5.37. The maximum Gasteiger partial charge on any atom is 0.251 e. The first-order chi connectivity index (χ1) is 11.4. The van der Waals surface area contributed by atoms with Gasteiger partial charge in [-0.1, -0.05) is 6.92 Å². The standard InChI is InChI=1S/C18H26FN3O2/c1-3-22-12-4-9-18(2,13-22)17(24)21-11-10-20-16(23)14-5-7-15(19)8-6-14/h5-8H,3-4,9-13H2,1-2H3,(H,20,23)(H,21,24). The van der Waals surface area contributed by atoms with Crippen molar-refractivity contribution in [3.8, 4) is 0 Å². The minimum Gasteiger partial charge on any atom is -0.354 e. The van der Waals surface area contributed by atoms with Crippen LogP contribution in [0.1, 0.15) is 37.0 Å². The van der Waals surface area contributed by atoms with Crippen LogP contribution in [0.2, 0.25) is 0 Å². The van der Waals surface area contributed by atoms with Crippen molar-refractivity contribution in [1.29, 1.82) is 0 Å². The molecule has 5 nitrogen and oxygen atoms in total. The molecule has 132 valence electrons. The van der Waals surface area contributed by atoms with Gasteiger partial charge in [0.25, 0.3) is 5.91 Å². The summed E-state index contributed by atoms with van der Waals surface area (Å²) in [5.74, 6) is -0.609. The van der Waals surface area contributed by atoms with Crippen LogP contribution in [-0.4, -0.2) is 49.4 Å². The molecule has 1 saturated heterocycles. The zero-order valence-corrected chi connectivity index (χ0v) is 14.4. The van der Waals surface area contributed by atoms with Crippen molar-refractivity contribution in [2.75, 3.05) is 32.7 Å². The summed E-state index contributed by atoms with van der Waals surface area (Å²) in [4.78, 5) is 26.6. The molecule has 1 atom stereocenters. The molecule has 24 heavy (non-hydrogen) atoms. The van der Waals surface area contributed by atoms with Crippen LogP contribution in [0.15, 0.2) is 24.3 Å². The Morgan fingerprint density at radius 1 is 1.21 bits per heavy atom. The topological polar surface area (TPSA) is 61.4 Å². The Balaban J connectivity index is 1.74. The lowest BCUT2D eigenvalue weighted by atomic mass is 9.81. The van der Waals surface area contributed by atoms with Gasteiger partial charge in [-0.05, 0) is 57.1 Å². The number of nitrogens with one attached hydrogen (secondary N) is 2. The van der Waals surface area contributed by atoms with Gasteiger partial charge >= 0.3 is 0 Å². The number of piperidine rings is 1. The van der Waals surface area contributed by atoms with Gasteiger partial charge in [-0.3, -0.25) is 9.59 Å². The molecule has 0 bridgehead atoms. The van der Waals surface area contributed by atoms with Crippen LogP contribution < -0.4 is 10.6 Å². The van der Waals surface area contributed by atoms with Crippen LogP contribution in [0, 0.1) is 11.2 Å². The summed E-state index contributed by atoms with van der Waals surface area (Å²) >= 11 is 0. The van der Waals surface area contributed by atoms with Gasteiger partial charge in [-0.25, -0.2) is 4.39 Å². The zero-order valence-electron chi connectivity index (χ0n) is 14.4. The highest BCUT2D eigenvalue weighted by Gasteiger charge is 2.36. The lowest BCUT2D eigenvalue weighted by molar-refractivity contribution is -0.133. The van der Waals surface area contributed by atoms with Crippen LogP contribution in [0.3, 0.4) is 0 Å². The molecule has 2 amide bonds. The summed E-state index contributed by atoms with van der Waals surface area (Å²) in [6.07, 6.45) is 1.91. The highest BCUT2D eigenvalue weighted by molar-refractivity contribution is 5.94. The van der Waals surface area contributed by atoms with E-state index in [1.807, 2.05) is 6.92 Å². The molecular weight excluding hydrogens is 309 g/mol. The molecule has 0 aliphatic carbocycles. The SMILES string of the molecule is CCN1CCCC(C)(C(=O)NCCNC(=O)c2ccc(F)cc2)C1. The second-order valence-electron chi connectivity index (χ2n) is 6.55. The fourth-order valence-corrected chi connectivity index (χ4v) is 3.07. The average molecular weight is 335 g/mol. The highest BCUT2D eigenvalue weighted by Crippen LogP contribution is 2.29. The predicted octanol–water partition coefficient (Wildman–Crippen LogP) is 1.79. The van der Waals surface area contributed by atoms with E-state index in [0.29, 0.717) is 18.7 Å². The Morgan fingerprint density at radius 3 is 2.54 bits per heavy atom. The molecule has 2 rings (SSSR count). The largest absolute Gasteiger partial charge is 0.354 e. The maximum atomic E-state index is 12.8. The van der Waals surface area contributed by atoms with Crippen LogP contribution in [0.4, 0.5) is 4.39 Å². The number of halogens is 1. The average Bonchev–Trinajstić information content (AvgIpc) is 2.58. The molecule has 1 aromatic rings. The Morgan fingerprint density at radius 2 is 1.88 bits per heavy atom. The van der Waals surface area contributed by atoms with E-state index in [-0.39, 0.29) is 23.0 Å². The molecule has 6 heteroatoms. The van der Waals surface area contributed by atoms with E-state index in [2.05, 4.69) is 22.5 Å². The van der Waals surface area contributed by atoms with E-state index in [9.17, 15) is 14.0 Å². The molecule has 1 unspecified atom stereocenters. The smallest absolute Gasteiger partial charge is 0.251 e. The summed E-state index contributed by atoms with van der Waals surface area (Å²) in [5.41, 5.74) is 0.0374. The third-order valence-electron chi connectivity index (χ3n) is 4.57. The molecule has 1 aliphatic heterocycles. The predicted molar refractivity (Wildman–Crippen MR) is 91.2 cm³/mol. The van der Waals surface area contributed by atoms with Crippen molar-refractivity contribution in [3.63, 3.8) is 0 Å². The van der Waals surface area contributed by atoms with Crippen molar-refractivity contribution in [3.05, 3.63) is 35.6 Å². The number of benzene rings is 1. The van der Waals surface area contributed by atoms with E-state index < -0.39 is 0 Å². The fraction of sp³-hybridized carbons (Fsp3) is 0.556.